The molecule has 1 fully saturated rings. The molecule has 1 heterocycles. The number of amides is 2. The fourth-order valence-corrected chi connectivity index (χ4v) is 2.70. The molecule has 0 unspecified atom stereocenters. The third-order valence-corrected chi connectivity index (χ3v) is 3.99. The third kappa shape index (κ3) is 4.69. The van der Waals surface area contributed by atoms with Gasteiger partial charge < -0.3 is 15.8 Å². The first kappa shape index (κ1) is 17.3. The summed E-state index contributed by atoms with van der Waals surface area (Å²) in [6.07, 6.45) is 5.94. The standard InChI is InChI=1S/C16H24N4O3/c1-2-23-15-13(11-21)4-3-5-14(15)18-16(22)19-20-8-6-12(10-17)7-9-20/h3,5,12H,2,4,6-10,17H2,1H3,(H2,18,19,22). The number of ether oxygens (including phenoxy) is 1. The first-order valence-corrected chi connectivity index (χ1v) is 7.98. The van der Waals surface area contributed by atoms with Crippen LogP contribution in [0.5, 0.6) is 0 Å². The normalized spacial score (nSPS) is 19.5. The molecule has 2 aliphatic rings. The lowest BCUT2D eigenvalue weighted by Crippen LogP contribution is -2.50. The predicted octanol–water partition coefficient (Wildman–Crippen LogP) is 0.837. The van der Waals surface area contributed by atoms with Crippen molar-refractivity contribution < 1.29 is 14.3 Å². The van der Waals surface area contributed by atoms with Gasteiger partial charge in [0.2, 0.25) is 0 Å². The molecule has 0 aromatic carbocycles. The van der Waals surface area contributed by atoms with Gasteiger partial charge >= 0.3 is 6.03 Å². The number of hydrogen-bond acceptors (Lipinski definition) is 5. The molecule has 7 heteroatoms. The Morgan fingerprint density at radius 3 is 2.83 bits per heavy atom. The minimum absolute atomic E-state index is 0.347. The summed E-state index contributed by atoms with van der Waals surface area (Å²) in [6.45, 7) is 4.49. The lowest BCUT2D eigenvalue weighted by molar-refractivity contribution is 0.133. The zero-order chi connectivity index (χ0) is 16.7. The molecule has 23 heavy (non-hydrogen) atoms. The summed E-state index contributed by atoms with van der Waals surface area (Å²) in [5.41, 5.74) is 9.37. The second-order valence-corrected chi connectivity index (χ2v) is 5.59. The Morgan fingerprint density at radius 1 is 1.48 bits per heavy atom. The Bertz CT molecular complexity index is 542. The molecule has 2 amide bonds. The van der Waals surface area contributed by atoms with Crippen LogP contribution < -0.4 is 16.5 Å². The van der Waals surface area contributed by atoms with Gasteiger partial charge in [0.05, 0.1) is 17.9 Å². The molecule has 0 saturated carbocycles. The average molecular weight is 320 g/mol. The van der Waals surface area contributed by atoms with E-state index in [1.165, 1.54) is 0 Å². The fraction of sp³-hybridized carbons (Fsp3) is 0.562. The number of urea groups is 1. The van der Waals surface area contributed by atoms with Gasteiger partial charge in [-0.2, -0.15) is 0 Å². The Morgan fingerprint density at radius 2 is 2.22 bits per heavy atom. The first-order chi connectivity index (χ1) is 11.2. The smallest absolute Gasteiger partial charge is 0.333 e. The lowest BCUT2D eigenvalue weighted by atomic mass is 9.98. The van der Waals surface area contributed by atoms with Gasteiger partial charge in [0.25, 0.3) is 0 Å². The van der Waals surface area contributed by atoms with Gasteiger partial charge in [0.1, 0.15) is 5.94 Å². The molecule has 4 N–H and O–H groups in total. The summed E-state index contributed by atoms with van der Waals surface area (Å²) in [5, 5.41) is 4.62. The Balaban J connectivity index is 1.95. The second kappa shape index (κ2) is 8.53. The summed E-state index contributed by atoms with van der Waals surface area (Å²) >= 11 is 0. The zero-order valence-corrected chi connectivity index (χ0v) is 13.4. The van der Waals surface area contributed by atoms with E-state index in [2.05, 4.69) is 10.7 Å². The van der Waals surface area contributed by atoms with Crippen molar-refractivity contribution in [2.45, 2.75) is 26.2 Å². The van der Waals surface area contributed by atoms with Gasteiger partial charge in [-0.25, -0.2) is 14.6 Å². The summed E-state index contributed by atoms with van der Waals surface area (Å²) in [6, 6.07) is -0.347. The molecule has 0 aromatic heterocycles. The van der Waals surface area contributed by atoms with E-state index in [-0.39, 0.29) is 6.03 Å². The third-order valence-electron chi connectivity index (χ3n) is 3.99. The average Bonchev–Trinajstić information content (AvgIpc) is 2.57. The first-order valence-electron chi connectivity index (χ1n) is 7.98. The van der Waals surface area contributed by atoms with Crippen LogP contribution in [0.25, 0.3) is 0 Å². The summed E-state index contributed by atoms with van der Waals surface area (Å²) in [4.78, 5) is 23.2. The molecule has 2 rings (SSSR count). The number of piperidine rings is 1. The van der Waals surface area contributed by atoms with Crippen LogP contribution in [0, 0.1) is 5.92 Å². The highest BCUT2D eigenvalue weighted by Crippen LogP contribution is 2.22. The van der Waals surface area contributed by atoms with Gasteiger partial charge in [-0.05, 0) is 38.3 Å². The van der Waals surface area contributed by atoms with E-state index in [4.69, 9.17) is 10.5 Å². The number of hydrazine groups is 1. The fourth-order valence-electron chi connectivity index (χ4n) is 2.70. The van der Waals surface area contributed by atoms with Crippen molar-refractivity contribution in [3.63, 3.8) is 0 Å². The van der Waals surface area contributed by atoms with E-state index in [1.807, 2.05) is 17.9 Å². The van der Waals surface area contributed by atoms with E-state index >= 15 is 0 Å². The number of nitrogens with zero attached hydrogens (tertiary/aromatic N) is 1. The molecule has 0 bridgehead atoms. The van der Waals surface area contributed by atoms with Gasteiger partial charge in [0, 0.05) is 19.5 Å². The van der Waals surface area contributed by atoms with Crippen LogP contribution >= 0.6 is 0 Å². The van der Waals surface area contributed by atoms with Crippen LogP contribution in [0.2, 0.25) is 0 Å². The maximum Gasteiger partial charge on any atom is 0.333 e. The molecule has 0 atom stereocenters. The molecule has 1 aliphatic heterocycles. The molecule has 1 saturated heterocycles. The molecule has 0 radical (unpaired) electrons. The quantitative estimate of drug-likeness (QED) is 0.652. The Labute approximate surface area is 136 Å². The second-order valence-electron chi connectivity index (χ2n) is 5.59. The van der Waals surface area contributed by atoms with Gasteiger partial charge in [0.15, 0.2) is 5.76 Å². The zero-order valence-electron chi connectivity index (χ0n) is 13.4. The number of carbonyl (C=O) groups excluding carboxylic acids is 2. The lowest BCUT2D eigenvalue weighted by Gasteiger charge is -2.31. The number of hydrogen-bond donors (Lipinski definition) is 3. The molecular formula is C16H24N4O3. The topological polar surface area (TPSA) is 96.7 Å². The van der Waals surface area contributed by atoms with Crippen LogP contribution in [0.4, 0.5) is 4.79 Å². The van der Waals surface area contributed by atoms with E-state index in [9.17, 15) is 9.59 Å². The van der Waals surface area contributed by atoms with Crippen molar-refractivity contribution in [1.82, 2.24) is 15.8 Å². The van der Waals surface area contributed by atoms with Crippen LogP contribution in [-0.4, -0.2) is 43.2 Å². The van der Waals surface area contributed by atoms with Gasteiger partial charge in [-0.15, -0.1) is 0 Å². The van der Waals surface area contributed by atoms with Crippen molar-refractivity contribution in [3.05, 3.63) is 29.2 Å². The summed E-state index contributed by atoms with van der Waals surface area (Å²) < 4.78 is 5.48. The van der Waals surface area contributed by atoms with Gasteiger partial charge in [-0.3, -0.25) is 5.43 Å². The van der Waals surface area contributed by atoms with Crippen molar-refractivity contribution in [1.29, 1.82) is 0 Å². The van der Waals surface area contributed by atoms with Crippen molar-refractivity contribution in [3.8, 4) is 0 Å². The largest absolute Gasteiger partial charge is 0.491 e. The maximum absolute atomic E-state index is 12.2. The highest BCUT2D eigenvalue weighted by Gasteiger charge is 2.21. The molecule has 0 spiro atoms. The Hall–Kier alpha value is -2.08. The summed E-state index contributed by atoms with van der Waals surface area (Å²) in [5.74, 6) is 2.80. The van der Waals surface area contributed by atoms with E-state index in [0.29, 0.717) is 42.5 Å². The molecule has 1 aliphatic carbocycles. The monoisotopic (exact) mass is 320 g/mol. The highest BCUT2D eigenvalue weighted by molar-refractivity contribution is 5.77. The van der Waals surface area contributed by atoms with Crippen molar-refractivity contribution in [2.24, 2.45) is 11.7 Å². The van der Waals surface area contributed by atoms with E-state index in [0.717, 1.165) is 25.9 Å². The van der Waals surface area contributed by atoms with Crippen molar-refractivity contribution in [2.75, 3.05) is 26.2 Å². The molecular weight excluding hydrogens is 296 g/mol. The van der Waals surface area contributed by atoms with Gasteiger partial charge in [-0.1, -0.05) is 6.08 Å². The summed E-state index contributed by atoms with van der Waals surface area (Å²) in [7, 11) is 0. The minimum Gasteiger partial charge on any atom is -0.491 e. The van der Waals surface area contributed by atoms with E-state index in [1.54, 1.807) is 12.2 Å². The van der Waals surface area contributed by atoms with Crippen LogP contribution in [0.15, 0.2) is 29.2 Å². The maximum atomic E-state index is 12.2. The number of allylic oxidation sites excluding steroid dienone is 3. The van der Waals surface area contributed by atoms with Crippen LogP contribution in [-0.2, 0) is 9.53 Å². The van der Waals surface area contributed by atoms with Crippen molar-refractivity contribution >= 4 is 12.0 Å². The molecule has 7 nitrogen and oxygen atoms in total. The SMILES string of the molecule is CCOC1=C(NC(=O)NN2CCC(CN)CC2)C=CCC1=C=O. The number of carbonyl (C=O) groups is 1. The number of nitrogens with one attached hydrogen (secondary N) is 2. The molecule has 0 aromatic rings. The Kier molecular flexibility index (Phi) is 6.40. The van der Waals surface area contributed by atoms with Crippen LogP contribution in [0.1, 0.15) is 26.2 Å². The van der Waals surface area contributed by atoms with Crippen LogP contribution in [0.3, 0.4) is 0 Å². The number of nitrogens with two attached hydrogens (primary N) is 1. The predicted molar refractivity (Wildman–Crippen MR) is 86.6 cm³/mol. The highest BCUT2D eigenvalue weighted by atomic mass is 16.5. The minimum atomic E-state index is -0.347. The number of rotatable bonds is 5. The van der Waals surface area contributed by atoms with E-state index < -0.39 is 0 Å². The molecule has 126 valence electrons.